The van der Waals surface area contributed by atoms with E-state index in [1.54, 1.807) is 29.2 Å². The number of para-hydroxylation sites is 2. The molecule has 0 bridgehead atoms. The molecule has 0 radical (unpaired) electrons. The lowest BCUT2D eigenvalue weighted by Crippen LogP contribution is -2.30. The first-order chi connectivity index (χ1) is 17.1. The molecule has 6 heteroatoms. The van der Waals surface area contributed by atoms with Crippen LogP contribution in [0.25, 0.3) is 0 Å². The molecule has 2 amide bonds. The van der Waals surface area contributed by atoms with Crippen LogP contribution in [0.15, 0.2) is 109 Å². The maximum atomic E-state index is 12.9. The highest BCUT2D eigenvalue weighted by Crippen LogP contribution is 2.23. The van der Waals surface area contributed by atoms with Gasteiger partial charge in [0, 0.05) is 29.2 Å². The molecule has 0 atom stereocenters. The van der Waals surface area contributed by atoms with Crippen LogP contribution in [0.5, 0.6) is 11.5 Å². The molecule has 2 N–H and O–H groups in total. The third-order valence-electron chi connectivity index (χ3n) is 5.33. The van der Waals surface area contributed by atoms with Crippen molar-refractivity contribution < 1.29 is 14.3 Å². The monoisotopic (exact) mass is 465 g/mol. The summed E-state index contributed by atoms with van der Waals surface area (Å²) in [4.78, 5) is 27.0. The van der Waals surface area contributed by atoms with Gasteiger partial charge in [0.25, 0.3) is 5.91 Å². The number of hydrogen-bond acceptors (Lipinski definition) is 4. The van der Waals surface area contributed by atoms with Crippen LogP contribution in [0.1, 0.15) is 17.3 Å². The molecule has 0 unspecified atom stereocenters. The summed E-state index contributed by atoms with van der Waals surface area (Å²) >= 11 is 0. The van der Waals surface area contributed by atoms with Gasteiger partial charge in [0.05, 0.1) is 6.54 Å². The van der Waals surface area contributed by atoms with E-state index in [0.717, 1.165) is 22.9 Å². The van der Waals surface area contributed by atoms with Crippen molar-refractivity contribution in [2.24, 2.45) is 0 Å². The minimum absolute atomic E-state index is 0.0852. The van der Waals surface area contributed by atoms with Crippen molar-refractivity contribution in [3.63, 3.8) is 0 Å². The number of carbonyl (C=O) groups is 2. The molecule has 0 heterocycles. The predicted octanol–water partition coefficient (Wildman–Crippen LogP) is 6.20. The van der Waals surface area contributed by atoms with E-state index in [1.807, 2.05) is 91.9 Å². The lowest BCUT2D eigenvalue weighted by atomic mass is 10.1. The van der Waals surface area contributed by atoms with Crippen LogP contribution < -0.4 is 20.3 Å². The Labute approximate surface area is 205 Å². The zero-order chi connectivity index (χ0) is 24.5. The van der Waals surface area contributed by atoms with E-state index in [4.69, 9.17) is 4.74 Å². The molecule has 4 aromatic carbocycles. The van der Waals surface area contributed by atoms with E-state index in [0.29, 0.717) is 17.8 Å². The Hall–Kier alpha value is -4.58. The molecule has 0 saturated carbocycles. The fourth-order valence-corrected chi connectivity index (χ4v) is 3.56. The Morgan fingerprint density at radius 1 is 0.714 bits per heavy atom. The van der Waals surface area contributed by atoms with Crippen molar-refractivity contribution in [2.75, 3.05) is 28.6 Å². The first kappa shape index (κ1) is 23.6. The molecule has 0 spiro atoms. The summed E-state index contributed by atoms with van der Waals surface area (Å²) in [7, 11) is 0. The van der Waals surface area contributed by atoms with Gasteiger partial charge in [-0.25, -0.2) is 0 Å². The highest BCUT2D eigenvalue weighted by atomic mass is 16.5. The van der Waals surface area contributed by atoms with Gasteiger partial charge >= 0.3 is 0 Å². The summed E-state index contributed by atoms with van der Waals surface area (Å²) in [5, 5.41) is 5.94. The van der Waals surface area contributed by atoms with Gasteiger partial charge in [0.1, 0.15) is 11.5 Å². The van der Waals surface area contributed by atoms with Crippen LogP contribution in [-0.2, 0) is 4.79 Å². The number of anilines is 3. The fraction of sp³-hybridized carbons (Fsp3) is 0.103. The molecule has 0 fully saturated rings. The zero-order valence-electron chi connectivity index (χ0n) is 19.5. The van der Waals surface area contributed by atoms with Gasteiger partial charge in [-0.3, -0.25) is 9.59 Å². The average molecular weight is 466 g/mol. The number of benzene rings is 4. The molecule has 0 aliphatic rings. The maximum Gasteiger partial charge on any atom is 0.258 e. The minimum Gasteiger partial charge on any atom is -0.457 e. The Balaban J connectivity index is 1.28. The lowest BCUT2D eigenvalue weighted by Gasteiger charge is -2.21. The number of hydrogen-bond donors (Lipinski definition) is 2. The molecule has 0 aromatic heterocycles. The first-order valence-corrected chi connectivity index (χ1v) is 11.5. The van der Waals surface area contributed by atoms with E-state index >= 15 is 0 Å². The SMILES string of the molecule is CCN(C(=O)c1ccc(NC(=O)CNc2ccc(Oc3ccccc3)cc2)cc1)c1ccccc1. The molecule has 4 aromatic rings. The summed E-state index contributed by atoms with van der Waals surface area (Å²) in [6.45, 7) is 2.61. The van der Waals surface area contributed by atoms with E-state index < -0.39 is 0 Å². The summed E-state index contributed by atoms with van der Waals surface area (Å²) in [6.07, 6.45) is 0. The molecule has 0 aliphatic carbocycles. The van der Waals surface area contributed by atoms with Crippen LogP contribution >= 0.6 is 0 Å². The van der Waals surface area contributed by atoms with Crippen LogP contribution in [0.2, 0.25) is 0 Å². The van der Waals surface area contributed by atoms with Crippen molar-refractivity contribution in [1.29, 1.82) is 0 Å². The van der Waals surface area contributed by atoms with Crippen molar-refractivity contribution in [3.8, 4) is 11.5 Å². The number of ether oxygens (including phenoxy) is 1. The van der Waals surface area contributed by atoms with Crippen LogP contribution in [0.4, 0.5) is 17.1 Å². The minimum atomic E-state index is -0.187. The topological polar surface area (TPSA) is 70.7 Å². The third kappa shape index (κ3) is 6.48. The van der Waals surface area contributed by atoms with Gasteiger partial charge in [0.15, 0.2) is 0 Å². The van der Waals surface area contributed by atoms with Crippen molar-refractivity contribution >= 4 is 28.9 Å². The first-order valence-electron chi connectivity index (χ1n) is 11.5. The van der Waals surface area contributed by atoms with Gasteiger partial charge in [-0.2, -0.15) is 0 Å². The molecule has 176 valence electrons. The quantitative estimate of drug-likeness (QED) is 0.309. The van der Waals surface area contributed by atoms with Gasteiger partial charge in [-0.15, -0.1) is 0 Å². The second kappa shape index (κ2) is 11.5. The highest BCUT2D eigenvalue weighted by Gasteiger charge is 2.16. The summed E-state index contributed by atoms with van der Waals surface area (Å²) < 4.78 is 5.78. The summed E-state index contributed by atoms with van der Waals surface area (Å²) in [5.41, 5.74) is 2.84. The zero-order valence-corrected chi connectivity index (χ0v) is 19.5. The van der Waals surface area contributed by atoms with Gasteiger partial charge in [-0.05, 0) is 79.7 Å². The van der Waals surface area contributed by atoms with Crippen molar-refractivity contribution in [2.45, 2.75) is 6.92 Å². The molecule has 4 rings (SSSR count). The normalized spacial score (nSPS) is 10.3. The Bertz CT molecular complexity index is 1240. The smallest absolute Gasteiger partial charge is 0.258 e. The number of nitrogens with one attached hydrogen (secondary N) is 2. The second-order valence-corrected chi connectivity index (χ2v) is 7.80. The Morgan fingerprint density at radius 3 is 1.91 bits per heavy atom. The standard InChI is InChI=1S/C29H27N3O3/c1-2-32(25-9-5-3-6-10-25)29(34)22-13-15-24(16-14-22)31-28(33)21-30-23-17-19-27(20-18-23)35-26-11-7-4-8-12-26/h3-20,30H,2,21H2,1H3,(H,31,33). The van der Waals surface area contributed by atoms with Crippen LogP contribution in [0.3, 0.4) is 0 Å². The fourth-order valence-electron chi connectivity index (χ4n) is 3.56. The van der Waals surface area contributed by atoms with Gasteiger partial charge in [0.2, 0.25) is 5.91 Å². The number of rotatable bonds is 9. The molecule has 0 saturated heterocycles. The second-order valence-electron chi connectivity index (χ2n) is 7.80. The van der Waals surface area contributed by atoms with E-state index in [1.165, 1.54) is 0 Å². The average Bonchev–Trinajstić information content (AvgIpc) is 2.90. The lowest BCUT2D eigenvalue weighted by molar-refractivity contribution is -0.114. The number of amides is 2. The molecule has 35 heavy (non-hydrogen) atoms. The van der Waals surface area contributed by atoms with Crippen molar-refractivity contribution in [3.05, 3.63) is 115 Å². The number of nitrogens with zero attached hydrogens (tertiary/aromatic N) is 1. The van der Waals surface area contributed by atoms with Crippen LogP contribution in [-0.4, -0.2) is 24.9 Å². The van der Waals surface area contributed by atoms with Gasteiger partial charge in [-0.1, -0.05) is 36.4 Å². The van der Waals surface area contributed by atoms with E-state index in [-0.39, 0.29) is 18.4 Å². The predicted molar refractivity (Wildman–Crippen MR) is 140 cm³/mol. The third-order valence-corrected chi connectivity index (χ3v) is 5.33. The molecule has 0 aliphatic heterocycles. The molecule has 6 nitrogen and oxygen atoms in total. The molecular weight excluding hydrogens is 438 g/mol. The Morgan fingerprint density at radius 2 is 1.29 bits per heavy atom. The highest BCUT2D eigenvalue weighted by molar-refractivity contribution is 6.06. The van der Waals surface area contributed by atoms with Gasteiger partial charge < -0.3 is 20.3 Å². The van der Waals surface area contributed by atoms with E-state index in [9.17, 15) is 9.59 Å². The van der Waals surface area contributed by atoms with Crippen LogP contribution in [0, 0.1) is 0 Å². The summed E-state index contributed by atoms with van der Waals surface area (Å²) in [6, 6.07) is 33.4. The van der Waals surface area contributed by atoms with E-state index in [2.05, 4.69) is 10.6 Å². The number of carbonyl (C=O) groups excluding carboxylic acids is 2. The largest absolute Gasteiger partial charge is 0.457 e. The molecular formula is C29H27N3O3. The van der Waals surface area contributed by atoms with Crippen molar-refractivity contribution in [1.82, 2.24) is 0 Å². The maximum absolute atomic E-state index is 12.9. The summed E-state index contributed by atoms with van der Waals surface area (Å²) in [5.74, 6) is 1.21. The Kier molecular flexibility index (Phi) is 7.76.